The van der Waals surface area contributed by atoms with E-state index in [0.717, 1.165) is 5.69 Å². The average molecular weight is 333 g/mol. The van der Waals surface area contributed by atoms with Crippen molar-refractivity contribution in [1.29, 1.82) is 5.26 Å². The normalized spacial score (nSPS) is 13.6. The van der Waals surface area contributed by atoms with Gasteiger partial charge in [0.1, 0.15) is 17.5 Å². The average Bonchev–Trinajstić information content (AvgIpc) is 2.84. The molecule has 0 bridgehead atoms. The SMILES string of the molecule is N#Cc1c(Nc2ccccc2)ncc2c1-c1ccccc1S2(=O)=O. The Kier molecular flexibility index (Phi) is 3.12. The van der Waals surface area contributed by atoms with Crippen molar-refractivity contribution < 1.29 is 8.42 Å². The van der Waals surface area contributed by atoms with Crippen molar-refractivity contribution in [2.45, 2.75) is 9.79 Å². The third kappa shape index (κ3) is 1.99. The molecule has 6 heteroatoms. The van der Waals surface area contributed by atoms with E-state index in [-0.39, 0.29) is 15.4 Å². The molecule has 2 aromatic carbocycles. The number of anilines is 2. The Bertz CT molecular complexity index is 1100. The summed E-state index contributed by atoms with van der Waals surface area (Å²) in [6.45, 7) is 0. The Morgan fingerprint density at radius 3 is 2.42 bits per heavy atom. The Morgan fingerprint density at radius 1 is 0.958 bits per heavy atom. The molecule has 0 unspecified atom stereocenters. The van der Waals surface area contributed by atoms with Crippen molar-refractivity contribution in [3.05, 3.63) is 66.4 Å². The minimum absolute atomic E-state index is 0.0823. The molecule has 0 fully saturated rings. The second-order valence-corrected chi connectivity index (χ2v) is 7.21. The van der Waals surface area contributed by atoms with Crippen molar-refractivity contribution in [2.24, 2.45) is 0 Å². The van der Waals surface area contributed by atoms with Gasteiger partial charge in [-0.25, -0.2) is 13.4 Å². The lowest BCUT2D eigenvalue weighted by atomic mass is 10.0. The van der Waals surface area contributed by atoms with Crippen LogP contribution >= 0.6 is 0 Å². The van der Waals surface area contributed by atoms with E-state index in [2.05, 4.69) is 16.4 Å². The van der Waals surface area contributed by atoms with Gasteiger partial charge in [0.15, 0.2) is 0 Å². The van der Waals surface area contributed by atoms with Gasteiger partial charge in [0, 0.05) is 23.0 Å². The molecular weight excluding hydrogens is 322 g/mol. The molecule has 0 radical (unpaired) electrons. The standard InChI is InChI=1S/C18H11N3O2S/c19-10-14-17-13-8-4-5-9-15(13)24(22,23)16(17)11-20-18(14)21-12-6-2-1-3-7-12/h1-9,11H,(H,20,21). The Morgan fingerprint density at radius 2 is 1.67 bits per heavy atom. The zero-order valence-electron chi connectivity index (χ0n) is 12.4. The fourth-order valence-corrected chi connectivity index (χ4v) is 4.48. The first-order valence-corrected chi connectivity index (χ1v) is 8.71. The van der Waals surface area contributed by atoms with Crippen LogP contribution in [0.3, 0.4) is 0 Å². The molecule has 0 atom stereocenters. The fraction of sp³-hybridized carbons (Fsp3) is 0. The van der Waals surface area contributed by atoms with Gasteiger partial charge in [0.25, 0.3) is 0 Å². The van der Waals surface area contributed by atoms with Crippen LogP contribution in [0.2, 0.25) is 0 Å². The van der Waals surface area contributed by atoms with E-state index in [0.29, 0.717) is 16.9 Å². The molecule has 2 heterocycles. The Hall–Kier alpha value is -3.17. The quantitative estimate of drug-likeness (QED) is 0.607. The van der Waals surface area contributed by atoms with Crippen LogP contribution in [-0.2, 0) is 9.84 Å². The number of sulfone groups is 1. The first-order valence-electron chi connectivity index (χ1n) is 7.22. The highest BCUT2D eigenvalue weighted by molar-refractivity contribution is 7.92. The minimum Gasteiger partial charge on any atom is -0.339 e. The molecule has 1 aliphatic heterocycles. The molecule has 0 saturated carbocycles. The summed E-state index contributed by atoms with van der Waals surface area (Å²) < 4.78 is 25.3. The highest BCUT2D eigenvalue weighted by Gasteiger charge is 2.36. The lowest BCUT2D eigenvalue weighted by molar-refractivity contribution is 0.598. The van der Waals surface area contributed by atoms with E-state index in [1.165, 1.54) is 6.20 Å². The number of nitrogens with zero attached hydrogens (tertiary/aromatic N) is 2. The fourth-order valence-electron chi connectivity index (χ4n) is 2.85. The monoisotopic (exact) mass is 333 g/mol. The Balaban J connectivity index is 1.97. The van der Waals surface area contributed by atoms with Crippen LogP contribution < -0.4 is 5.32 Å². The van der Waals surface area contributed by atoms with Gasteiger partial charge in [-0.15, -0.1) is 0 Å². The van der Waals surface area contributed by atoms with Crippen LogP contribution in [0, 0.1) is 11.3 Å². The molecule has 1 aromatic heterocycles. The van der Waals surface area contributed by atoms with Crippen molar-refractivity contribution in [3.63, 3.8) is 0 Å². The van der Waals surface area contributed by atoms with Gasteiger partial charge in [-0.05, 0) is 18.2 Å². The summed E-state index contributed by atoms with van der Waals surface area (Å²) in [6, 6.07) is 18.1. The Labute approximate surface area is 139 Å². The number of hydrogen-bond donors (Lipinski definition) is 1. The lowest BCUT2D eigenvalue weighted by Crippen LogP contribution is -2.02. The maximum Gasteiger partial charge on any atom is 0.209 e. The summed E-state index contributed by atoms with van der Waals surface area (Å²) in [6.07, 6.45) is 1.32. The summed E-state index contributed by atoms with van der Waals surface area (Å²) in [4.78, 5) is 4.48. The van der Waals surface area contributed by atoms with E-state index in [1.54, 1.807) is 24.3 Å². The van der Waals surface area contributed by atoms with Crippen molar-refractivity contribution in [2.75, 3.05) is 5.32 Å². The van der Waals surface area contributed by atoms with Crippen molar-refractivity contribution in [1.82, 2.24) is 4.98 Å². The smallest absolute Gasteiger partial charge is 0.209 e. The third-order valence-corrected chi connectivity index (χ3v) is 5.75. The van der Waals surface area contributed by atoms with E-state index < -0.39 is 9.84 Å². The molecule has 0 spiro atoms. The number of fused-ring (bicyclic) bond motifs is 3. The van der Waals surface area contributed by atoms with Gasteiger partial charge in [-0.2, -0.15) is 5.26 Å². The molecule has 4 rings (SSSR count). The molecule has 0 aliphatic carbocycles. The van der Waals surface area contributed by atoms with Gasteiger partial charge in [-0.1, -0.05) is 36.4 Å². The molecule has 116 valence electrons. The summed E-state index contributed by atoms with van der Waals surface area (Å²) in [7, 11) is -3.63. The molecule has 24 heavy (non-hydrogen) atoms. The minimum atomic E-state index is -3.63. The number of rotatable bonds is 2. The van der Waals surface area contributed by atoms with E-state index in [1.807, 2.05) is 30.3 Å². The first-order chi connectivity index (χ1) is 11.6. The molecular formula is C18H11N3O2S. The van der Waals surface area contributed by atoms with E-state index in [9.17, 15) is 13.7 Å². The number of nitriles is 1. The predicted octanol–water partition coefficient (Wildman–Crippen LogP) is 3.51. The summed E-state index contributed by atoms with van der Waals surface area (Å²) in [5.74, 6) is 0.342. The third-order valence-electron chi connectivity index (χ3n) is 3.93. The maximum absolute atomic E-state index is 12.6. The maximum atomic E-state index is 12.6. The topological polar surface area (TPSA) is 82.8 Å². The summed E-state index contributed by atoms with van der Waals surface area (Å²) >= 11 is 0. The van der Waals surface area contributed by atoms with Crippen LogP contribution in [0.4, 0.5) is 11.5 Å². The first kappa shape index (κ1) is 14.4. The van der Waals surface area contributed by atoms with Gasteiger partial charge in [0.05, 0.1) is 9.79 Å². The van der Waals surface area contributed by atoms with Crippen LogP contribution in [0.15, 0.2) is 70.6 Å². The molecule has 5 nitrogen and oxygen atoms in total. The van der Waals surface area contributed by atoms with E-state index in [4.69, 9.17) is 0 Å². The van der Waals surface area contributed by atoms with Gasteiger partial charge in [0.2, 0.25) is 9.84 Å². The van der Waals surface area contributed by atoms with Crippen LogP contribution in [-0.4, -0.2) is 13.4 Å². The second-order valence-electron chi connectivity index (χ2n) is 5.32. The zero-order chi connectivity index (χ0) is 16.7. The van der Waals surface area contributed by atoms with Crippen LogP contribution in [0.25, 0.3) is 11.1 Å². The number of hydrogen-bond acceptors (Lipinski definition) is 5. The number of benzene rings is 2. The van der Waals surface area contributed by atoms with Gasteiger partial charge < -0.3 is 5.32 Å². The van der Waals surface area contributed by atoms with Crippen LogP contribution in [0.5, 0.6) is 0 Å². The zero-order valence-corrected chi connectivity index (χ0v) is 13.2. The van der Waals surface area contributed by atoms with Gasteiger partial charge >= 0.3 is 0 Å². The van der Waals surface area contributed by atoms with Crippen molar-refractivity contribution >= 4 is 21.3 Å². The summed E-state index contributed by atoms with van der Waals surface area (Å²) in [5, 5.41) is 12.7. The second kappa shape index (κ2) is 5.18. The highest BCUT2D eigenvalue weighted by Crippen LogP contribution is 2.45. The molecule has 3 aromatic rings. The number of pyridine rings is 1. The van der Waals surface area contributed by atoms with Crippen LogP contribution in [0.1, 0.15) is 5.56 Å². The molecule has 0 amide bonds. The van der Waals surface area contributed by atoms with E-state index >= 15 is 0 Å². The molecule has 0 saturated heterocycles. The predicted molar refractivity (Wildman–Crippen MR) is 89.6 cm³/mol. The summed E-state index contributed by atoms with van der Waals surface area (Å²) in [5.41, 5.74) is 1.96. The van der Waals surface area contributed by atoms with Gasteiger partial charge in [-0.3, -0.25) is 0 Å². The van der Waals surface area contributed by atoms with Crippen molar-refractivity contribution in [3.8, 4) is 17.2 Å². The number of aromatic nitrogens is 1. The number of nitrogens with one attached hydrogen (secondary N) is 1. The molecule has 1 aliphatic rings. The lowest BCUT2D eigenvalue weighted by Gasteiger charge is -2.10. The number of para-hydroxylation sites is 1. The molecule has 1 N–H and O–H groups in total. The highest BCUT2D eigenvalue weighted by atomic mass is 32.2. The largest absolute Gasteiger partial charge is 0.339 e.